The number of hydrogen-bond acceptors (Lipinski definition) is 3. The lowest BCUT2D eigenvalue weighted by atomic mass is 10.0. The van der Waals surface area contributed by atoms with E-state index >= 15 is 0 Å². The standard InChI is InChI=1S/C13H18ClNO2/c1-9-2-3-11(14)6-13(9)17-8-12(15)10-4-5-16-7-10/h2-3,6,10,12H,4-5,7-8,15H2,1H3. The molecule has 0 bridgehead atoms. The first-order valence-electron chi connectivity index (χ1n) is 5.89. The quantitative estimate of drug-likeness (QED) is 0.899. The van der Waals surface area contributed by atoms with Crippen LogP contribution >= 0.6 is 11.6 Å². The summed E-state index contributed by atoms with van der Waals surface area (Å²) in [5.74, 6) is 1.22. The maximum atomic E-state index is 6.08. The van der Waals surface area contributed by atoms with Gasteiger partial charge in [-0.25, -0.2) is 0 Å². The Morgan fingerprint density at radius 3 is 3.12 bits per heavy atom. The Kier molecular flexibility index (Phi) is 4.26. The molecule has 0 spiro atoms. The third-order valence-corrected chi connectivity index (χ3v) is 3.39. The molecule has 3 nitrogen and oxygen atoms in total. The van der Waals surface area contributed by atoms with Crippen LogP contribution < -0.4 is 10.5 Å². The molecule has 1 aliphatic rings. The van der Waals surface area contributed by atoms with Crippen molar-refractivity contribution in [3.8, 4) is 5.75 Å². The third kappa shape index (κ3) is 3.35. The molecule has 1 aromatic rings. The Morgan fingerprint density at radius 1 is 1.59 bits per heavy atom. The van der Waals surface area contributed by atoms with Gasteiger partial charge in [0.25, 0.3) is 0 Å². The van der Waals surface area contributed by atoms with Crippen molar-refractivity contribution in [2.45, 2.75) is 19.4 Å². The van der Waals surface area contributed by atoms with Crippen LogP contribution in [0.4, 0.5) is 0 Å². The van der Waals surface area contributed by atoms with E-state index in [2.05, 4.69) is 0 Å². The molecule has 1 aliphatic heterocycles. The van der Waals surface area contributed by atoms with Crippen molar-refractivity contribution in [3.63, 3.8) is 0 Å². The number of halogens is 1. The molecule has 0 aromatic heterocycles. The zero-order valence-corrected chi connectivity index (χ0v) is 10.7. The molecule has 1 aromatic carbocycles. The second-order valence-electron chi connectivity index (χ2n) is 4.51. The SMILES string of the molecule is Cc1ccc(Cl)cc1OCC(N)C1CCOC1. The minimum Gasteiger partial charge on any atom is -0.492 e. The number of nitrogens with two attached hydrogens (primary N) is 1. The van der Waals surface area contributed by atoms with Crippen molar-refractivity contribution >= 4 is 11.6 Å². The van der Waals surface area contributed by atoms with Crippen LogP contribution in [-0.2, 0) is 4.74 Å². The molecule has 2 atom stereocenters. The molecule has 1 heterocycles. The first-order chi connectivity index (χ1) is 8.16. The molecule has 4 heteroatoms. The molecule has 1 fully saturated rings. The fourth-order valence-electron chi connectivity index (χ4n) is 1.94. The van der Waals surface area contributed by atoms with Gasteiger partial charge in [-0.1, -0.05) is 17.7 Å². The van der Waals surface area contributed by atoms with Gasteiger partial charge < -0.3 is 15.2 Å². The molecule has 1 saturated heterocycles. The summed E-state index contributed by atoms with van der Waals surface area (Å²) < 4.78 is 11.0. The lowest BCUT2D eigenvalue weighted by Crippen LogP contribution is -2.36. The molecule has 0 aliphatic carbocycles. The van der Waals surface area contributed by atoms with Gasteiger partial charge in [0.05, 0.1) is 6.61 Å². The molecular weight excluding hydrogens is 238 g/mol. The zero-order chi connectivity index (χ0) is 12.3. The summed E-state index contributed by atoms with van der Waals surface area (Å²) in [6, 6.07) is 5.65. The monoisotopic (exact) mass is 255 g/mol. The summed E-state index contributed by atoms with van der Waals surface area (Å²) in [6.45, 7) is 4.07. The van der Waals surface area contributed by atoms with Crippen LogP contribution in [0.3, 0.4) is 0 Å². The van der Waals surface area contributed by atoms with Gasteiger partial charge in [-0.05, 0) is 31.0 Å². The average Bonchev–Trinajstić information content (AvgIpc) is 2.83. The summed E-state index contributed by atoms with van der Waals surface area (Å²) in [7, 11) is 0. The second-order valence-corrected chi connectivity index (χ2v) is 4.94. The summed E-state index contributed by atoms with van der Waals surface area (Å²) in [6.07, 6.45) is 1.03. The molecule has 2 N–H and O–H groups in total. The van der Waals surface area contributed by atoms with Gasteiger partial charge in [-0.2, -0.15) is 0 Å². The molecule has 2 rings (SSSR count). The Bertz CT molecular complexity index is 378. The Hall–Kier alpha value is -0.770. The van der Waals surface area contributed by atoms with Crippen molar-refractivity contribution in [1.29, 1.82) is 0 Å². The van der Waals surface area contributed by atoms with Crippen LogP contribution in [0.2, 0.25) is 5.02 Å². The van der Waals surface area contributed by atoms with Crippen molar-refractivity contribution < 1.29 is 9.47 Å². The van der Waals surface area contributed by atoms with Gasteiger partial charge >= 0.3 is 0 Å². The molecule has 0 radical (unpaired) electrons. The molecule has 0 amide bonds. The van der Waals surface area contributed by atoms with Gasteiger partial charge in [0.2, 0.25) is 0 Å². The first kappa shape index (κ1) is 12.7. The van der Waals surface area contributed by atoms with Crippen LogP contribution in [0.15, 0.2) is 18.2 Å². The van der Waals surface area contributed by atoms with E-state index in [4.69, 9.17) is 26.8 Å². The lowest BCUT2D eigenvalue weighted by molar-refractivity contribution is 0.170. The highest BCUT2D eigenvalue weighted by molar-refractivity contribution is 6.30. The van der Waals surface area contributed by atoms with Gasteiger partial charge in [-0.15, -0.1) is 0 Å². The summed E-state index contributed by atoms with van der Waals surface area (Å²) in [4.78, 5) is 0. The maximum Gasteiger partial charge on any atom is 0.123 e. The summed E-state index contributed by atoms with van der Waals surface area (Å²) in [5, 5.41) is 0.684. The molecule has 2 unspecified atom stereocenters. The van der Waals surface area contributed by atoms with Crippen LogP contribution in [0.5, 0.6) is 5.75 Å². The highest BCUT2D eigenvalue weighted by Gasteiger charge is 2.23. The van der Waals surface area contributed by atoms with Gasteiger partial charge in [0.1, 0.15) is 12.4 Å². The normalized spacial score (nSPS) is 21.5. The topological polar surface area (TPSA) is 44.5 Å². The van der Waals surface area contributed by atoms with E-state index in [1.54, 1.807) is 0 Å². The minimum atomic E-state index is 0.0240. The van der Waals surface area contributed by atoms with Crippen LogP contribution in [0.1, 0.15) is 12.0 Å². The van der Waals surface area contributed by atoms with Crippen LogP contribution in [0.25, 0.3) is 0 Å². The number of rotatable bonds is 4. The van der Waals surface area contributed by atoms with Crippen LogP contribution in [0, 0.1) is 12.8 Å². The Balaban J connectivity index is 1.90. The van der Waals surface area contributed by atoms with Crippen LogP contribution in [-0.4, -0.2) is 25.9 Å². The average molecular weight is 256 g/mol. The number of ether oxygens (including phenoxy) is 2. The molecular formula is C13H18ClNO2. The van der Waals surface area contributed by atoms with Crippen molar-refractivity contribution in [1.82, 2.24) is 0 Å². The van der Waals surface area contributed by atoms with E-state index in [9.17, 15) is 0 Å². The van der Waals surface area contributed by atoms with Gasteiger partial charge in [0.15, 0.2) is 0 Å². The zero-order valence-electron chi connectivity index (χ0n) is 9.99. The number of benzene rings is 1. The van der Waals surface area contributed by atoms with E-state index in [1.807, 2.05) is 25.1 Å². The largest absolute Gasteiger partial charge is 0.492 e. The van der Waals surface area contributed by atoms with E-state index in [-0.39, 0.29) is 6.04 Å². The van der Waals surface area contributed by atoms with E-state index in [1.165, 1.54) is 0 Å². The van der Waals surface area contributed by atoms with Crippen molar-refractivity contribution in [3.05, 3.63) is 28.8 Å². The number of hydrogen-bond donors (Lipinski definition) is 1. The summed E-state index contributed by atoms with van der Waals surface area (Å²) in [5.41, 5.74) is 7.15. The van der Waals surface area contributed by atoms with Gasteiger partial charge in [0, 0.05) is 23.6 Å². The minimum absolute atomic E-state index is 0.0240. The predicted molar refractivity (Wildman–Crippen MR) is 68.6 cm³/mol. The first-order valence-corrected chi connectivity index (χ1v) is 6.27. The molecule has 94 valence electrons. The fourth-order valence-corrected chi connectivity index (χ4v) is 2.10. The Labute approximate surface area is 107 Å². The summed E-state index contributed by atoms with van der Waals surface area (Å²) >= 11 is 5.93. The predicted octanol–water partition coefficient (Wildman–Crippen LogP) is 2.39. The highest BCUT2D eigenvalue weighted by Crippen LogP contribution is 2.23. The number of aryl methyl sites for hydroxylation is 1. The third-order valence-electron chi connectivity index (χ3n) is 3.15. The van der Waals surface area contributed by atoms with Gasteiger partial charge in [-0.3, -0.25) is 0 Å². The highest BCUT2D eigenvalue weighted by atomic mass is 35.5. The molecule has 0 saturated carbocycles. The smallest absolute Gasteiger partial charge is 0.123 e. The Morgan fingerprint density at radius 2 is 2.41 bits per heavy atom. The van der Waals surface area contributed by atoms with E-state index < -0.39 is 0 Å². The maximum absolute atomic E-state index is 6.08. The fraction of sp³-hybridized carbons (Fsp3) is 0.538. The lowest BCUT2D eigenvalue weighted by Gasteiger charge is -2.19. The molecule has 17 heavy (non-hydrogen) atoms. The van der Waals surface area contributed by atoms with E-state index in [0.29, 0.717) is 17.5 Å². The van der Waals surface area contributed by atoms with E-state index in [0.717, 1.165) is 30.9 Å². The van der Waals surface area contributed by atoms with Crippen molar-refractivity contribution in [2.75, 3.05) is 19.8 Å². The van der Waals surface area contributed by atoms with Crippen molar-refractivity contribution in [2.24, 2.45) is 11.7 Å². The second kappa shape index (κ2) is 5.71.